The summed E-state index contributed by atoms with van der Waals surface area (Å²) in [5.74, 6) is 0.428. The molecule has 1 aromatic rings. The van der Waals surface area contributed by atoms with Gasteiger partial charge >= 0.3 is 0 Å². The molecule has 2 amide bonds. The van der Waals surface area contributed by atoms with Crippen molar-refractivity contribution in [2.75, 3.05) is 13.2 Å². The zero-order chi connectivity index (χ0) is 20.9. The number of rotatable bonds is 6. The third-order valence-corrected chi connectivity index (χ3v) is 6.57. The number of carbonyl (C=O) groups excluding carboxylic acids is 2. The number of ether oxygens (including phenoxy) is 1. The molecule has 0 aromatic heterocycles. The lowest BCUT2D eigenvalue weighted by molar-refractivity contribution is -0.152. The molecule has 2 heterocycles. The molecule has 0 saturated heterocycles. The molecule has 0 radical (unpaired) electrons. The van der Waals surface area contributed by atoms with E-state index in [1.54, 1.807) is 0 Å². The second-order valence-corrected chi connectivity index (χ2v) is 9.03. The molecule has 158 valence electrons. The van der Waals surface area contributed by atoms with E-state index >= 15 is 0 Å². The van der Waals surface area contributed by atoms with Crippen LogP contribution < -0.4 is 20.7 Å². The smallest absolute Gasteiger partial charge is 0.258 e. The Morgan fingerprint density at radius 1 is 1.27 bits per heavy atom. The van der Waals surface area contributed by atoms with Gasteiger partial charge in [0, 0.05) is 36.1 Å². The Balaban J connectivity index is 1.07. The van der Waals surface area contributed by atoms with Crippen LogP contribution in [0.1, 0.15) is 25.7 Å². The first kappa shape index (κ1) is 19.2. The molecule has 5 aliphatic rings. The van der Waals surface area contributed by atoms with Gasteiger partial charge in [-0.15, -0.1) is 0 Å². The van der Waals surface area contributed by atoms with Crippen LogP contribution >= 0.6 is 11.6 Å². The van der Waals surface area contributed by atoms with Crippen LogP contribution in [-0.2, 0) is 9.59 Å². The first-order valence-corrected chi connectivity index (χ1v) is 10.3. The highest BCUT2D eigenvalue weighted by Gasteiger charge is 2.69. The Labute approximate surface area is 178 Å². The van der Waals surface area contributed by atoms with Gasteiger partial charge in [-0.05, 0) is 43.9 Å². The standard InChI is InChI=1S/C21H22ClFN4O3/c22-15-3-2-14(7-16(15)23)30-9-18(28)25-20-10-21(11-20,12-20)26-19(29)13-1-4-17-24-5-6-27(17)8-13/h2-7,13,24H,1,8-12H2,(H,25,28)(H,26,29). The summed E-state index contributed by atoms with van der Waals surface area (Å²) in [6, 6.07) is 4.05. The maximum atomic E-state index is 13.4. The normalized spacial score (nSPS) is 30.3. The Kier molecular flexibility index (Phi) is 4.43. The molecule has 2 bridgehead atoms. The van der Waals surface area contributed by atoms with E-state index in [0.29, 0.717) is 13.0 Å². The lowest BCUT2D eigenvalue weighted by Crippen LogP contribution is -2.84. The van der Waals surface area contributed by atoms with Crippen LogP contribution in [0.5, 0.6) is 5.75 Å². The molecule has 30 heavy (non-hydrogen) atoms. The summed E-state index contributed by atoms with van der Waals surface area (Å²) in [4.78, 5) is 27.0. The van der Waals surface area contributed by atoms with Crippen molar-refractivity contribution in [3.63, 3.8) is 0 Å². The minimum absolute atomic E-state index is 0.00580. The Morgan fingerprint density at radius 2 is 2.03 bits per heavy atom. The molecular weight excluding hydrogens is 411 g/mol. The van der Waals surface area contributed by atoms with E-state index in [4.69, 9.17) is 16.3 Å². The van der Waals surface area contributed by atoms with E-state index in [1.807, 2.05) is 23.4 Å². The van der Waals surface area contributed by atoms with Crippen LogP contribution in [-0.4, -0.2) is 40.9 Å². The summed E-state index contributed by atoms with van der Waals surface area (Å²) in [6.07, 6.45) is 8.76. The monoisotopic (exact) mass is 432 g/mol. The number of benzene rings is 1. The number of nitrogens with zero attached hydrogens (tertiary/aromatic N) is 1. The maximum absolute atomic E-state index is 13.4. The first-order chi connectivity index (χ1) is 14.4. The van der Waals surface area contributed by atoms with Gasteiger partial charge in [-0.2, -0.15) is 0 Å². The van der Waals surface area contributed by atoms with Gasteiger partial charge in [0.05, 0.1) is 10.9 Å². The van der Waals surface area contributed by atoms with E-state index in [2.05, 4.69) is 16.0 Å². The fraction of sp³-hybridized carbons (Fsp3) is 0.429. The van der Waals surface area contributed by atoms with Crippen molar-refractivity contribution in [1.82, 2.24) is 20.9 Å². The van der Waals surface area contributed by atoms with Crippen LogP contribution in [0.15, 0.2) is 42.5 Å². The molecule has 3 fully saturated rings. The number of hydrogen-bond donors (Lipinski definition) is 3. The Hall–Kier alpha value is -2.74. The number of carbonyl (C=O) groups is 2. The van der Waals surface area contributed by atoms with E-state index < -0.39 is 5.82 Å². The van der Waals surface area contributed by atoms with Gasteiger partial charge in [0.15, 0.2) is 6.61 Å². The number of allylic oxidation sites excluding steroid dienone is 1. The van der Waals surface area contributed by atoms with E-state index in [-0.39, 0.29) is 46.2 Å². The van der Waals surface area contributed by atoms with Crippen molar-refractivity contribution in [1.29, 1.82) is 0 Å². The van der Waals surface area contributed by atoms with Crippen molar-refractivity contribution in [3.05, 3.63) is 53.3 Å². The second-order valence-electron chi connectivity index (χ2n) is 8.63. The van der Waals surface area contributed by atoms with Gasteiger partial charge in [0.2, 0.25) is 5.91 Å². The number of halogens is 2. The SMILES string of the molecule is O=C(COc1ccc(Cl)c(F)c1)NC12CC(NC(=O)C3CC=C4NC=CN4C3)(C1)C2. The topological polar surface area (TPSA) is 82.7 Å². The van der Waals surface area contributed by atoms with Gasteiger partial charge in [-0.25, -0.2) is 4.39 Å². The second kappa shape index (κ2) is 6.91. The summed E-state index contributed by atoms with van der Waals surface area (Å²) in [7, 11) is 0. The van der Waals surface area contributed by atoms with Crippen LogP contribution in [0.4, 0.5) is 4.39 Å². The molecule has 2 aliphatic heterocycles. The van der Waals surface area contributed by atoms with E-state index in [1.165, 1.54) is 12.1 Å². The van der Waals surface area contributed by atoms with E-state index in [0.717, 1.165) is 31.1 Å². The summed E-state index contributed by atoms with van der Waals surface area (Å²) in [6.45, 7) is 0.470. The molecule has 9 heteroatoms. The molecular formula is C21H22ClFN4O3. The average molecular weight is 433 g/mol. The third kappa shape index (κ3) is 3.39. The number of amides is 2. The third-order valence-electron chi connectivity index (χ3n) is 6.26. The van der Waals surface area contributed by atoms with Gasteiger partial charge in [-0.1, -0.05) is 11.6 Å². The van der Waals surface area contributed by atoms with Gasteiger partial charge in [0.25, 0.3) is 5.91 Å². The van der Waals surface area contributed by atoms with Crippen LogP contribution in [0, 0.1) is 11.7 Å². The van der Waals surface area contributed by atoms with Crippen LogP contribution in [0.3, 0.4) is 0 Å². The van der Waals surface area contributed by atoms with Crippen molar-refractivity contribution in [2.24, 2.45) is 5.92 Å². The minimum Gasteiger partial charge on any atom is -0.484 e. The zero-order valence-corrected chi connectivity index (χ0v) is 17.0. The van der Waals surface area contributed by atoms with Crippen molar-refractivity contribution < 1.29 is 18.7 Å². The highest BCUT2D eigenvalue weighted by molar-refractivity contribution is 6.30. The molecule has 0 spiro atoms. The Bertz CT molecular complexity index is 959. The summed E-state index contributed by atoms with van der Waals surface area (Å²) >= 11 is 5.63. The summed E-state index contributed by atoms with van der Waals surface area (Å²) in [5, 5.41) is 9.34. The lowest BCUT2D eigenvalue weighted by Gasteiger charge is -2.70. The maximum Gasteiger partial charge on any atom is 0.258 e. The highest BCUT2D eigenvalue weighted by atomic mass is 35.5. The molecule has 6 rings (SSSR count). The predicted octanol–water partition coefficient (Wildman–Crippen LogP) is 2.00. The summed E-state index contributed by atoms with van der Waals surface area (Å²) in [5.41, 5.74) is -0.464. The largest absolute Gasteiger partial charge is 0.484 e. The highest BCUT2D eigenvalue weighted by Crippen LogP contribution is 2.60. The molecule has 3 saturated carbocycles. The molecule has 1 unspecified atom stereocenters. The molecule has 3 N–H and O–H groups in total. The lowest BCUT2D eigenvalue weighted by atomic mass is 9.44. The quantitative estimate of drug-likeness (QED) is 0.640. The van der Waals surface area contributed by atoms with Gasteiger partial charge in [-0.3, -0.25) is 9.59 Å². The number of fused-ring (bicyclic) bond motifs is 1. The molecule has 7 nitrogen and oxygen atoms in total. The fourth-order valence-corrected chi connectivity index (χ4v) is 5.05. The first-order valence-electron chi connectivity index (χ1n) is 9.96. The summed E-state index contributed by atoms with van der Waals surface area (Å²) < 4.78 is 18.8. The average Bonchev–Trinajstić information content (AvgIpc) is 3.14. The van der Waals surface area contributed by atoms with E-state index in [9.17, 15) is 14.0 Å². The van der Waals surface area contributed by atoms with Crippen molar-refractivity contribution >= 4 is 23.4 Å². The predicted molar refractivity (Wildman–Crippen MR) is 108 cm³/mol. The van der Waals surface area contributed by atoms with Crippen molar-refractivity contribution in [2.45, 2.75) is 36.8 Å². The fourth-order valence-electron chi connectivity index (χ4n) is 4.93. The number of hydrogen-bond acceptors (Lipinski definition) is 5. The number of nitrogens with one attached hydrogen (secondary N) is 3. The molecule has 1 atom stereocenters. The van der Waals surface area contributed by atoms with Gasteiger partial charge < -0.3 is 25.6 Å². The van der Waals surface area contributed by atoms with Crippen molar-refractivity contribution in [3.8, 4) is 5.75 Å². The molecule has 1 aromatic carbocycles. The zero-order valence-electron chi connectivity index (χ0n) is 16.2. The van der Waals surface area contributed by atoms with Gasteiger partial charge in [0.1, 0.15) is 17.4 Å². The van der Waals surface area contributed by atoms with Crippen LogP contribution in [0.2, 0.25) is 5.02 Å². The Morgan fingerprint density at radius 3 is 2.80 bits per heavy atom. The minimum atomic E-state index is -0.589. The van der Waals surface area contributed by atoms with Crippen LogP contribution in [0.25, 0.3) is 0 Å². The molecule has 3 aliphatic carbocycles.